The molecule has 4 nitrogen and oxygen atoms in total. The lowest BCUT2D eigenvalue weighted by atomic mass is 9.91. The molecule has 2 rings (SSSR count). The molecule has 4 heteroatoms. The zero-order chi connectivity index (χ0) is 14.0. The smallest absolute Gasteiger partial charge is 0.340 e. The van der Waals surface area contributed by atoms with Crippen molar-refractivity contribution in [1.29, 1.82) is 0 Å². The summed E-state index contributed by atoms with van der Waals surface area (Å²) in [6.45, 7) is 4.15. The summed E-state index contributed by atoms with van der Waals surface area (Å²) >= 11 is 0. The number of anilines is 1. The lowest BCUT2D eigenvalue weighted by molar-refractivity contribution is 0.0698. The number of carboxylic acid groups (broad SMARTS) is 1. The van der Waals surface area contributed by atoms with Crippen LogP contribution >= 0.6 is 0 Å². The molecule has 0 fully saturated rings. The highest BCUT2D eigenvalue weighted by Gasteiger charge is 2.18. The molecule has 0 aliphatic carbocycles. The number of nitrogen functional groups attached to an aromatic ring is 1. The van der Waals surface area contributed by atoms with E-state index in [1.54, 1.807) is 6.07 Å². The maximum atomic E-state index is 11.4. The maximum Gasteiger partial charge on any atom is 0.340 e. The Kier molecular flexibility index (Phi) is 3.51. The summed E-state index contributed by atoms with van der Waals surface area (Å²) in [6.07, 6.45) is 1.54. The minimum absolute atomic E-state index is 0.0450. The van der Waals surface area contributed by atoms with Gasteiger partial charge in [-0.3, -0.25) is 0 Å². The second-order valence-electron chi connectivity index (χ2n) is 4.67. The molecule has 0 atom stereocenters. The van der Waals surface area contributed by atoms with E-state index in [1.807, 2.05) is 24.3 Å². The van der Waals surface area contributed by atoms with Crippen molar-refractivity contribution in [3.05, 3.63) is 47.7 Å². The third-order valence-corrected chi connectivity index (χ3v) is 3.07. The van der Waals surface area contributed by atoms with Crippen molar-refractivity contribution < 1.29 is 9.90 Å². The Labute approximate surface area is 111 Å². The molecular weight excluding hydrogens is 240 g/mol. The van der Waals surface area contributed by atoms with Gasteiger partial charge in [-0.2, -0.15) is 0 Å². The van der Waals surface area contributed by atoms with E-state index in [-0.39, 0.29) is 11.4 Å². The number of hydrogen-bond donors (Lipinski definition) is 2. The van der Waals surface area contributed by atoms with Crippen LogP contribution in [0.2, 0.25) is 0 Å². The van der Waals surface area contributed by atoms with Crippen LogP contribution in [-0.2, 0) is 0 Å². The van der Waals surface area contributed by atoms with Crippen LogP contribution in [-0.4, -0.2) is 16.1 Å². The number of nitrogens with two attached hydrogens (primary N) is 1. The van der Waals surface area contributed by atoms with Crippen molar-refractivity contribution >= 4 is 11.8 Å². The van der Waals surface area contributed by atoms with E-state index in [1.165, 1.54) is 6.20 Å². The second-order valence-corrected chi connectivity index (χ2v) is 4.67. The molecule has 1 heterocycles. The molecule has 0 aliphatic rings. The number of aromatic nitrogens is 1. The minimum atomic E-state index is -1.06. The van der Waals surface area contributed by atoms with Gasteiger partial charge in [0.15, 0.2) is 0 Å². The molecule has 2 aromatic rings. The molecule has 1 aromatic carbocycles. The predicted octanol–water partition coefficient (Wildman–Crippen LogP) is 3.15. The van der Waals surface area contributed by atoms with Gasteiger partial charge in [0.1, 0.15) is 11.4 Å². The topological polar surface area (TPSA) is 76.2 Å². The predicted molar refractivity (Wildman–Crippen MR) is 75.1 cm³/mol. The molecule has 0 aliphatic heterocycles. The van der Waals surface area contributed by atoms with Crippen LogP contribution in [0.5, 0.6) is 0 Å². The summed E-state index contributed by atoms with van der Waals surface area (Å²) in [4.78, 5) is 15.2. The Morgan fingerprint density at radius 3 is 2.53 bits per heavy atom. The van der Waals surface area contributed by atoms with Crippen LogP contribution in [0.1, 0.15) is 35.7 Å². The number of carboxylic acids is 1. The van der Waals surface area contributed by atoms with Gasteiger partial charge in [-0.25, -0.2) is 9.78 Å². The largest absolute Gasteiger partial charge is 0.478 e. The van der Waals surface area contributed by atoms with E-state index in [9.17, 15) is 9.90 Å². The van der Waals surface area contributed by atoms with E-state index < -0.39 is 5.97 Å². The molecule has 19 heavy (non-hydrogen) atoms. The Bertz CT molecular complexity index is 621. The summed E-state index contributed by atoms with van der Waals surface area (Å²) in [5.74, 6) is -0.713. The average Bonchev–Trinajstić information content (AvgIpc) is 2.37. The quantitative estimate of drug-likeness (QED) is 0.884. The van der Waals surface area contributed by atoms with Crippen molar-refractivity contribution in [2.24, 2.45) is 0 Å². The molecule has 0 radical (unpaired) electrons. The van der Waals surface area contributed by atoms with Gasteiger partial charge in [0.05, 0.1) is 0 Å². The van der Waals surface area contributed by atoms with Crippen LogP contribution in [0.3, 0.4) is 0 Å². The molecule has 0 amide bonds. The number of nitrogens with zero attached hydrogens (tertiary/aromatic N) is 1. The third kappa shape index (κ3) is 2.42. The number of hydrogen-bond acceptors (Lipinski definition) is 3. The third-order valence-electron chi connectivity index (χ3n) is 3.07. The molecular formula is C15H16N2O2. The molecule has 0 unspecified atom stereocenters. The first-order valence-corrected chi connectivity index (χ1v) is 6.09. The number of aromatic carboxylic acids is 1. The van der Waals surface area contributed by atoms with Gasteiger partial charge >= 0.3 is 5.97 Å². The first kappa shape index (κ1) is 13.1. The number of benzene rings is 1. The summed E-state index contributed by atoms with van der Waals surface area (Å²) < 4.78 is 0. The van der Waals surface area contributed by atoms with Crippen LogP contribution in [0.15, 0.2) is 36.5 Å². The van der Waals surface area contributed by atoms with Gasteiger partial charge in [-0.1, -0.05) is 38.1 Å². The highest BCUT2D eigenvalue weighted by atomic mass is 16.4. The molecule has 3 N–H and O–H groups in total. The van der Waals surface area contributed by atoms with Crippen molar-refractivity contribution in [3.8, 4) is 11.1 Å². The number of rotatable bonds is 3. The van der Waals surface area contributed by atoms with Gasteiger partial charge in [-0.15, -0.1) is 0 Å². The fourth-order valence-corrected chi connectivity index (χ4v) is 2.17. The second kappa shape index (κ2) is 5.10. The lowest BCUT2D eigenvalue weighted by Crippen LogP contribution is -2.07. The van der Waals surface area contributed by atoms with Crippen LogP contribution in [0.25, 0.3) is 11.1 Å². The van der Waals surface area contributed by atoms with E-state index in [0.717, 1.165) is 11.1 Å². The van der Waals surface area contributed by atoms with Gasteiger partial charge < -0.3 is 10.8 Å². The zero-order valence-electron chi connectivity index (χ0n) is 10.9. The van der Waals surface area contributed by atoms with Crippen molar-refractivity contribution in [2.45, 2.75) is 19.8 Å². The number of carbonyl (C=O) groups is 1. The summed E-state index contributed by atoms with van der Waals surface area (Å²) in [5.41, 5.74) is 8.36. The zero-order valence-corrected chi connectivity index (χ0v) is 10.9. The van der Waals surface area contributed by atoms with Crippen LogP contribution < -0.4 is 5.73 Å². The summed E-state index contributed by atoms with van der Waals surface area (Å²) in [5, 5.41) is 9.32. The van der Waals surface area contributed by atoms with Crippen molar-refractivity contribution in [2.75, 3.05) is 5.73 Å². The average molecular weight is 256 g/mol. The maximum absolute atomic E-state index is 11.4. The summed E-state index contributed by atoms with van der Waals surface area (Å²) in [7, 11) is 0. The SMILES string of the molecule is CC(C)c1ccccc1-c1ccnc(N)c1C(=O)O. The Morgan fingerprint density at radius 1 is 1.21 bits per heavy atom. The molecule has 0 saturated carbocycles. The molecule has 98 valence electrons. The van der Waals surface area contributed by atoms with Crippen LogP contribution in [0, 0.1) is 0 Å². The fraction of sp³-hybridized carbons (Fsp3) is 0.200. The van der Waals surface area contributed by atoms with Crippen molar-refractivity contribution in [1.82, 2.24) is 4.98 Å². The van der Waals surface area contributed by atoms with Gasteiger partial charge in [0, 0.05) is 11.8 Å². The Balaban J connectivity index is 2.73. The first-order valence-electron chi connectivity index (χ1n) is 6.09. The Morgan fingerprint density at radius 2 is 1.89 bits per heavy atom. The van der Waals surface area contributed by atoms with Crippen LogP contribution in [0.4, 0.5) is 5.82 Å². The van der Waals surface area contributed by atoms with Gasteiger partial charge in [0.25, 0.3) is 0 Å². The highest BCUT2D eigenvalue weighted by Crippen LogP contribution is 2.32. The van der Waals surface area contributed by atoms with E-state index >= 15 is 0 Å². The molecule has 0 bridgehead atoms. The fourth-order valence-electron chi connectivity index (χ4n) is 2.17. The Hall–Kier alpha value is -2.36. The highest BCUT2D eigenvalue weighted by molar-refractivity contribution is 6.00. The normalized spacial score (nSPS) is 10.7. The molecule has 0 saturated heterocycles. The van der Waals surface area contributed by atoms with Crippen molar-refractivity contribution in [3.63, 3.8) is 0 Å². The number of pyridine rings is 1. The molecule has 0 spiro atoms. The van der Waals surface area contributed by atoms with E-state index in [0.29, 0.717) is 11.5 Å². The van der Waals surface area contributed by atoms with Gasteiger partial charge in [-0.05, 0) is 23.1 Å². The lowest BCUT2D eigenvalue weighted by Gasteiger charge is -2.15. The van der Waals surface area contributed by atoms with E-state index in [4.69, 9.17) is 5.73 Å². The summed E-state index contributed by atoms with van der Waals surface area (Å²) in [6, 6.07) is 9.45. The monoisotopic (exact) mass is 256 g/mol. The minimum Gasteiger partial charge on any atom is -0.478 e. The van der Waals surface area contributed by atoms with Gasteiger partial charge in [0.2, 0.25) is 0 Å². The standard InChI is InChI=1S/C15H16N2O2/c1-9(2)10-5-3-4-6-11(10)12-7-8-17-14(16)13(12)15(18)19/h3-9H,1-2H3,(H2,16,17)(H,18,19). The first-order chi connectivity index (χ1) is 9.02. The molecule has 1 aromatic heterocycles. The van der Waals surface area contributed by atoms with E-state index in [2.05, 4.69) is 18.8 Å².